The fourth-order valence-electron chi connectivity index (χ4n) is 1.51. The summed E-state index contributed by atoms with van der Waals surface area (Å²) < 4.78 is 17.7. The van der Waals surface area contributed by atoms with E-state index in [-0.39, 0.29) is 5.82 Å². The Bertz CT molecular complexity index is 599. The first-order valence-corrected chi connectivity index (χ1v) is 5.46. The van der Waals surface area contributed by atoms with Crippen molar-refractivity contribution in [1.29, 1.82) is 0 Å². The van der Waals surface area contributed by atoms with Crippen molar-refractivity contribution in [3.05, 3.63) is 47.9 Å². The molecule has 0 spiro atoms. The number of hydrogen-bond donors (Lipinski definition) is 2. The van der Waals surface area contributed by atoms with E-state index in [4.69, 9.17) is 10.5 Å². The largest absolute Gasteiger partial charge is 0.497 e. The summed E-state index contributed by atoms with van der Waals surface area (Å²) in [4.78, 5) is 15.7. The van der Waals surface area contributed by atoms with Crippen LogP contribution in [0.2, 0.25) is 0 Å². The van der Waals surface area contributed by atoms with E-state index in [0.29, 0.717) is 17.0 Å². The molecule has 0 saturated carbocycles. The Labute approximate surface area is 109 Å². The molecule has 1 aromatic heterocycles. The lowest BCUT2D eigenvalue weighted by atomic mass is 10.1. The molecule has 5 nitrogen and oxygen atoms in total. The van der Waals surface area contributed by atoms with Crippen molar-refractivity contribution in [3.63, 3.8) is 0 Å². The first-order chi connectivity index (χ1) is 9.10. The lowest BCUT2D eigenvalue weighted by Gasteiger charge is -2.08. The van der Waals surface area contributed by atoms with Gasteiger partial charge in [0, 0.05) is 11.8 Å². The van der Waals surface area contributed by atoms with Crippen molar-refractivity contribution in [2.45, 2.75) is 0 Å². The van der Waals surface area contributed by atoms with Crippen LogP contribution in [0.4, 0.5) is 15.9 Å². The van der Waals surface area contributed by atoms with E-state index in [1.54, 1.807) is 18.2 Å². The molecular formula is C13H12FN3O2. The summed E-state index contributed by atoms with van der Waals surface area (Å²) in [6.45, 7) is 0. The first kappa shape index (κ1) is 12.8. The van der Waals surface area contributed by atoms with E-state index in [9.17, 15) is 9.18 Å². The van der Waals surface area contributed by atoms with E-state index < -0.39 is 11.7 Å². The second kappa shape index (κ2) is 5.34. The van der Waals surface area contributed by atoms with Crippen molar-refractivity contribution in [3.8, 4) is 5.75 Å². The molecular weight excluding hydrogens is 249 g/mol. The summed E-state index contributed by atoms with van der Waals surface area (Å²) >= 11 is 0. The summed E-state index contributed by atoms with van der Waals surface area (Å²) in [5.74, 6) is -0.0724. The Morgan fingerprint density at radius 3 is 2.74 bits per heavy atom. The van der Waals surface area contributed by atoms with Crippen LogP contribution >= 0.6 is 0 Å². The molecule has 0 aliphatic heterocycles. The topological polar surface area (TPSA) is 77.2 Å². The predicted octanol–water partition coefficient (Wildman–Crippen LogP) is 2.06. The molecule has 0 aliphatic carbocycles. The first-order valence-electron chi connectivity index (χ1n) is 5.46. The van der Waals surface area contributed by atoms with Gasteiger partial charge >= 0.3 is 0 Å². The predicted molar refractivity (Wildman–Crippen MR) is 69.6 cm³/mol. The second-order valence-electron chi connectivity index (χ2n) is 3.77. The number of ether oxygens (including phenoxy) is 1. The molecule has 6 heteroatoms. The summed E-state index contributed by atoms with van der Waals surface area (Å²) in [5.41, 5.74) is 6.34. The van der Waals surface area contributed by atoms with Gasteiger partial charge in [-0.2, -0.15) is 0 Å². The summed E-state index contributed by atoms with van der Waals surface area (Å²) in [5, 5.41) is 2.53. The molecule has 0 unspecified atom stereocenters. The number of benzene rings is 1. The number of nitrogens with two attached hydrogens (primary N) is 1. The van der Waals surface area contributed by atoms with Crippen LogP contribution in [0.15, 0.2) is 36.5 Å². The van der Waals surface area contributed by atoms with Crippen molar-refractivity contribution in [2.75, 3.05) is 18.2 Å². The zero-order chi connectivity index (χ0) is 13.8. The summed E-state index contributed by atoms with van der Waals surface area (Å²) in [6.07, 6.45) is 1.02. The van der Waals surface area contributed by atoms with Crippen LogP contribution in [0.1, 0.15) is 10.4 Å². The lowest BCUT2D eigenvalue weighted by Crippen LogP contribution is -2.14. The van der Waals surface area contributed by atoms with Crippen molar-refractivity contribution in [2.24, 2.45) is 0 Å². The second-order valence-corrected chi connectivity index (χ2v) is 3.77. The molecule has 2 rings (SSSR count). The molecule has 19 heavy (non-hydrogen) atoms. The number of nitrogen functional groups attached to an aromatic ring is 1. The number of amides is 1. The Kier molecular flexibility index (Phi) is 3.61. The SMILES string of the molecule is COc1ccc(C(=O)Nc2ccc(F)cn2)c(N)c1. The summed E-state index contributed by atoms with van der Waals surface area (Å²) in [6, 6.07) is 7.30. The van der Waals surface area contributed by atoms with Crippen molar-refractivity contribution in [1.82, 2.24) is 4.98 Å². The van der Waals surface area contributed by atoms with Gasteiger partial charge in [-0.25, -0.2) is 9.37 Å². The highest BCUT2D eigenvalue weighted by Gasteiger charge is 2.11. The van der Waals surface area contributed by atoms with Gasteiger partial charge in [0.1, 0.15) is 17.4 Å². The van der Waals surface area contributed by atoms with Crippen LogP contribution in [-0.2, 0) is 0 Å². The van der Waals surface area contributed by atoms with Gasteiger partial charge in [0.2, 0.25) is 0 Å². The number of rotatable bonds is 3. The zero-order valence-corrected chi connectivity index (χ0v) is 10.2. The molecule has 0 atom stereocenters. The van der Waals surface area contributed by atoms with Crippen LogP contribution in [0.5, 0.6) is 5.75 Å². The standard InChI is InChI=1S/C13H12FN3O2/c1-19-9-3-4-10(11(15)6-9)13(18)17-12-5-2-8(14)7-16-12/h2-7H,15H2,1H3,(H,16,17,18). The highest BCUT2D eigenvalue weighted by atomic mass is 19.1. The maximum absolute atomic E-state index is 12.7. The van der Waals surface area contributed by atoms with E-state index in [0.717, 1.165) is 6.20 Å². The normalized spacial score (nSPS) is 10.0. The molecule has 3 N–H and O–H groups in total. The molecule has 0 aliphatic rings. The smallest absolute Gasteiger partial charge is 0.258 e. The minimum atomic E-state index is -0.470. The van der Waals surface area contributed by atoms with Crippen LogP contribution in [0.3, 0.4) is 0 Å². The number of hydrogen-bond acceptors (Lipinski definition) is 4. The Balaban J connectivity index is 2.18. The fourth-order valence-corrected chi connectivity index (χ4v) is 1.51. The highest BCUT2D eigenvalue weighted by molar-refractivity contribution is 6.07. The number of nitrogens with one attached hydrogen (secondary N) is 1. The van der Waals surface area contributed by atoms with Gasteiger partial charge < -0.3 is 15.8 Å². The molecule has 2 aromatic rings. The molecule has 1 heterocycles. The third-order valence-electron chi connectivity index (χ3n) is 2.47. The summed E-state index contributed by atoms with van der Waals surface area (Å²) in [7, 11) is 1.51. The zero-order valence-electron chi connectivity index (χ0n) is 10.2. The van der Waals surface area contributed by atoms with E-state index in [1.165, 1.54) is 19.2 Å². The number of carbonyl (C=O) groups is 1. The molecule has 0 bridgehead atoms. The third kappa shape index (κ3) is 2.98. The van der Waals surface area contributed by atoms with Gasteiger partial charge in [-0.1, -0.05) is 0 Å². The lowest BCUT2D eigenvalue weighted by molar-refractivity contribution is 0.102. The number of halogens is 1. The van der Waals surface area contributed by atoms with Gasteiger partial charge in [-0.15, -0.1) is 0 Å². The molecule has 98 valence electrons. The molecule has 1 amide bonds. The van der Waals surface area contributed by atoms with Gasteiger partial charge in [0.15, 0.2) is 0 Å². The highest BCUT2D eigenvalue weighted by Crippen LogP contribution is 2.20. The molecule has 0 radical (unpaired) electrons. The number of anilines is 2. The minimum Gasteiger partial charge on any atom is -0.497 e. The maximum atomic E-state index is 12.7. The molecule has 1 aromatic carbocycles. The number of methoxy groups -OCH3 is 1. The van der Waals surface area contributed by atoms with E-state index >= 15 is 0 Å². The van der Waals surface area contributed by atoms with Crippen LogP contribution in [0, 0.1) is 5.82 Å². The van der Waals surface area contributed by atoms with Gasteiger partial charge in [0.25, 0.3) is 5.91 Å². The maximum Gasteiger partial charge on any atom is 0.258 e. The van der Waals surface area contributed by atoms with Crippen LogP contribution in [0.25, 0.3) is 0 Å². The van der Waals surface area contributed by atoms with Crippen molar-refractivity contribution >= 4 is 17.4 Å². The third-order valence-corrected chi connectivity index (χ3v) is 2.47. The number of pyridine rings is 1. The average Bonchev–Trinajstić information content (AvgIpc) is 2.41. The van der Waals surface area contributed by atoms with Crippen LogP contribution < -0.4 is 15.8 Å². The van der Waals surface area contributed by atoms with Crippen LogP contribution in [-0.4, -0.2) is 18.0 Å². The average molecular weight is 261 g/mol. The number of nitrogens with zero attached hydrogens (tertiary/aromatic N) is 1. The quantitative estimate of drug-likeness (QED) is 0.829. The van der Waals surface area contributed by atoms with Gasteiger partial charge in [0.05, 0.1) is 18.9 Å². The Morgan fingerprint density at radius 2 is 2.16 bits per heavy atom. The number of aromatic nitrogens is 1. The monoisotopic (exact) mass is 261 g/mol. The van der Waals surface area contributed by atoms with E-state index in [2.05, 4.69) is 10.3 Å². The Hall–Kier alpha value is -2.63. The fraction of sp³-hybridized carbons (Fsp3) is 0.0769. The molecule has 0 fully saturated rings. The van der Waals surface area contributed by atoms with Gasteiger partial charge in [-0.05, 0) is 24.3 Å². The van der Waals surface area contributed by atoms with Crippen molar-refractivity contribution < 1.29 is 13.9 Å². The van der Waals surface area contributed by atoms with E-state index in [1.807, 2.05) is 0 Å². The number of carbonyl (C=O) groups excluding carboxylic acids is 1. The van der Waals surface area contributed by atoms with Gasteiger partial charge in [-0.3, -0.25) is 4.79 Å². The Morgan fingerprint density at radius 1 is 1.37 bits per heavy atom. The minimum absolute atomic E-state index is 0.251. The molecule has 0 saturated heterocycles.